The predicted octanol–water partition coefficient (Wildman–Crippen LogP) is 0.920. The van der Waals surface area contributed by atoms with Crippen LogP contribution in [0.5, 0.6) is 0 Å². The fraction of sp³-hybridized carbons (Fsp3) is 0.700. The number of aromatic nitrogens is 2. The Kier molecular flexibility index (Phi) is 4.13. The molecule has 0 fully saturated rings. The third-order valence-electron chi connectivity index (χ3n) is 2.46. The van der Waals surface area contributed by atoms with Crippen LogP contribution in [0.2, 0.25) is 5.02 Å². The molecule has 5 heteroatoms. The van der Waals surface area contributed by atoms with Gasteiger partial charge in [-0.05, 0) is 13.3 Å². The maximum absolute atomic E-state index is 9.56. The van der Waals surface area contributed by atoms with Crippen molar-refractivity contribution in [3.63, 3.8) is 0 Å². The number of nitrogens with zero attached hydrogens (tertiary/aromatic N) is 2. The Bertz CT molecular complexity index is 336. The predicted molar refractivity (Wildman–Crippen MR) is 59.0 cm³/mol. The van der Waals surface area contributed by atoms with Crippen molar-refractivity contribution in [1.29, 1.82) is 0 Å². The summed E-state index contributed by atoms with van der Waals surface area (Å²) >= 11 is 6.10. The first-order valence-corrected chi connectivity index (χ1v) is 5.41. The average molecular weight is 233 g/mol. The van der Waals surface area contributed by atoms with Crippen LogP contribution in [0, 0.1) is 0 Å². The molecule has 0 aliphatic rings. The SMILES string of the molecule is CCc1nn(C)c(CC(O)C(C)O)c1Cl. The maximum atomic E-state index is 9.56. The molecule has 0 aromatic carbocycles. The molecule has 86 valence electrons. The minimum Gasteiger partial charge on any atom is -0.391 e. The zero-order valence-electron chi connectivity index (χ0n) is 9.24. The third kappa shape index (κ3) is 2.71. The van der Waals surface area contributed by atoms with E-state index in [4.69, 9.17) is 11.6 Å². The van der Waals surface area contributed by atoms with Crippen LogP contribution in [0.4, 0.5) is 0 Å². The summed E-state index contributed by atoms with van der Waals surface area (Å²) in [6, 6.07) is 0. The average Bonchev–Trinajstić information content (AvgIpc) is 2.44. The Morgan fingerprint density at radius 2 is 2.07 bits per heavy atom. The molecule has 0 bridgehead atoms. The lowest BCUT2D eigenvalue weighted by atomic mass is 10.1. The van der Waals surface area contributed by atoms with Crippen molar-refractivity contribution in [2.24, 2.45) is 7.05 Å². The molecule has 0 saturated carbocycles. The van der Waals surface area contributed by atoms with Crippen molar-refractivity contribution in [2.75, 3.05) is 0 Å². The smallest absolute Gasteiger partial charge is 0.0852 e. The maximum Gasteiger partial charge on any atom is 0.0852 e. The molecule has 1 aromatic heterocycles. The molecule has 2 unspecified atom stereocenters. The molecule has 15 heavy (non-hydrogen) atoms. The van der Waals surface area contributed by atoms with E-state index in [9.17, 15) is 10.2 Å². The quantitative estimate of drug-likeness (QED) is 0.812. The van der Waals surface area contributed by atoms with Crippen molar-refractivity contribution in [1.82, 2.24) is 9.78 Å². The van der Waals surface area contributed by atoms with Gasteiger partial charge in [0.2, 0.25) is 0 Å². The molecule has 0 amide bonds. The number of halogens is 1. The molecule has 4 nitrogen and oxygen atoms in total. The summed E-state index contributed by atoms with van der Waals surface area (Å²) in [5.74, 6) is 0. The van der Waals surface area contributed by atoms with Gasteiger partial charge < -0.3 is 10.2 Å². The van der Waals surface area contributed by atoms with Gasteiger partial charge in [0, 0.05) is 13.5 Å². The van der Waals surface area contributed by atoms with E-state index in [0.29, 0.717) is 11.4 Å². The number of aryl methyl sites for hydroxylation is 2. The van der Waals surface area contributed by atoms with E-state index in [0.717, 1.165) is 17.8 Å². The van der Waals surface area contributed by atoms with Gasteiger partial charge in [0.1, 0.15) is 0 Å². The lowest BCUT2D eigenvalue weighted by Gasteiger charge is -2.13. The molecule has 0 saturated heterocycles. The molecule has 0 aliphatic heterocycles. The summed E-state index contributed by atoms with van der Waals surface area (Å²) in [4.78, 5) is 0. The topological polar surface area (TPSA) is 58.3 Å². The molecule has 1 aromatic rings. The summed E-state index contributed by atoms with van der Waals surface area (Å²) in [6.45, 7) is 3.53. The Morgan fingerprint density at radius 3 is 2.47 bits per heavy atom. The summed E-state index contributed by atoms with van der Waals surface area (Å²) in [7, 11) is 1.79. The molecular formula is C10H17ClN2O2. The van der Waals surface area contributed by atoms with Gasteiger partial charge >= 0.3 is 0 Å². The van der Waals surface area contributed by atoms with E-state index in [2.05, 4.69) is 5.10 Å². The number of hydrogen-bond acceptors (Lipinski definition) is 3. The highest BCUT2D eigenvalue weighted by molar-refractivity contribution is 6.31. The van der Waals surface area contributed by atoms with Crippen molar-refractivity contribution in [2.45, 2.75) is 38.9 Å². The molecule has 2 N–H and O–H groups in total. The molecule has 1 heterocycles. The van der Waals surface area contributed by atoms with E-state index in [1.807, 2.05) is 6.92 Å². The Hall–Kier alpha value is -0.580. The van der Waals surface area contributed by atoms with E-state index < -0.39 is 12.2 Å². The third-order valence-corrected chi connectivity index (χ3v) is 2.90. The van der Waals surface area contributed by atoms with Crippen LogP contribution >= 0.6 is 11.6 Å². The van der Waals surface area contributed by atoms with E-state index >= 15 is 0 Å². The highest BCUT2D eigenvalue weighted by Crippen LogP contribution is 2.22. The van der Waals surface area contributed by atoms with Gasteiger partial charge in [0.05, 0.1) is 28.6 Å². The second kappa shape index (κ2) is 4.96. The standard InChI is InChI=1S/C10H17ClN2O2/c1-4-7-10(11)8(13(3)12-7)5-9(15)6(2)14/h6,9,14-15H,4-5H2,1-3H3. The summed E-state index contributed by atoms with van der Waals surface area (Å²) in [5, 5.41) is 23.6. The lowest BCUT2D eigenvalue weighted by Crippen LogP contribution is -2.25. The molecule has 0 radical (unpaired) electrons. The van der Waals surface area contributed by atoms with Gasteiger partial charge in [0.15, 0.2) is 0 Å². The van der Waals surface area contributed by atoms with E-state index in [-0.39, 0.29) is 0 Å². The molecule has 2 atom stereocenters. The number of rotatable bonds is 4. The first kappa shape index (κ1) is 12.5. The largest absolute Gasteiger partial charge is 0.391 e. The van der Waals surface area contributed by atoms with E-state index in [1.165, 1.54) is 0 Å². The van der Waals surface area contributed by atoms with Crippen molar-refractivity contribution in [3.8, 4) is 0 Å². The van der Waals surface area contributed by atoms with Crippen LogP contribution in [0.15, 0.2) is 0 Å². The van der Waals surface area contributed by atoms with Gasteiger partial charge in [0.25, 0.3) is 0 Å². The number of hydrogen-bond donors (Lipinski definition) is 2. The number of aliphatic hydroxyl groups is 2. The molecule has 0 aliphatic carbocycles. The fourth-order valence-electron chi connectivity index (χ4n) is 1.41. The highest BCUT2D eigenvalue weighted by atomic mass is 35.5. The zero-order chi connectivity index (χ0) is 11.6. The van der Waals surface area contributed by atoms with Crippen molar-refractivity contribution in [3.05, 3.63) is 16.4 Å². The monoisotopic (exact) mass is 232 g/mol. The van der Waals surface area contributed by atoms with Gasteiger partial charge in [-0.2, -0.15) is 5.10 Å². The normalized spacial score (nSPS) is 15.3. The Balaban J connectivity index is 2.89. The van der Waals surface area contributed by atoms with Crippen LogP contribution < -0.4 is 0 Å². The van der Waals surface area contributed by atoms with Crippen LogP contribution in [0.25, 0.3) is 0 Å². The summed E-state index contributed by atoms with van der Waals surface area (Å²) in [6.07, 6.45) is -0.485. The van der Waals surface area contributed by atoms with Crippen molar-refractivity contribution < 1.29 is 10.2 Å². The molecular weight excluding hydrogens is 216 g/mol. The van der Waals surface area contributed by atoms with Gasteiger partial charge in [-0.25, -0.2) is 0 Å². The van der Waals surface area contributed by atoms with E-state index in [1.54, 1.807) is 18.7 Å². The summed E-state index contributed by atoms with van der Waals surface area (Å²) < 4.78 is 1.66. The van der Waals surface area contributed by atoms with Crippen LogP contribution in [-0.2, 0) is 19.9 Å². The Labute approximate surface area is 94.5 Å². The minimum atomic E-state index is -0.803. The summed E-state index contributed by atoms with van der Waals surface area (Å²) in [5.41, 5.74) is 1.59. The fourth-order valence-corrected chi connectivity index (χ4v) is 1.78. The second-order valence-electron chi connectivity index (χ2n) is 3.70. The van der Waals surface area contributed by atoms with Crippen molar-refractivity contribution >= 4 is 11.6 Å². The highest BCUT2D eigenvalue weighted by Gasteiger charge is 2.19. The second-order valence-corrected chi connectivity index (χ2v) is 4.07. The van der Waals surface area contributed by atoms with Crippen LogP contribution in [0.3, 0.4) is 0 Å². The van der Waals surface area contributed by atoms with Gasteiger partial charge in [-0.1, -0.05) is 18.5 Å². The Morgan fingerprint density at radius 1 is 1.47 bits per heavy atom. The number of aliphatic hydroxyl groups excluding tert-OH is 2. The zero-order valence-corrected chi connectivity index (χ0v) is 9.99. The van der Waals surface area contributed by atoms with Gasteiger partial charge in [-0.3, -0.25) is 4.68 Å². The van der Waals surface area contributed by atoms with Crippen LogP contribution in [0.1, 0.15) is 25.2 Å². The molecule has 0 spiro atoms. The molecule has 1 rings (SSSR count). The first-order valence-electron chi connectivity index (χ1n) is 5.03. The van der Waals surface area contributed by atoms with Crippen LogP contribution in [-0.4, -0.2) is 32.2 Å². The lowest BCUT2D eigenvalue weighted by molar-refractivity contribution is 0.0309. The minimum absolute atomic E-state index is 0.319. The first-order chi connectivity index (χ1) is 6.97. The van der Waals surface area contributed by atoms with Gasteiger partial charge in [-0.15, -0.1) is 0 Å².